The molecule has 0 radical (unpaired) electrons. The number of non-ortho nitro benzene ring substituents is 1. The quantitative estimate of drug-likeness (QED) is 0.181. The number of nitrogens with one attached hydrogen (secondary N) is 1. The first-order chi connectivity index (χ1) is 15.8. The molecule has 0 saturated carbocycles. The van der Waals surface area contributed by atoms with Gasteiger partial charge in [-0.1, -0.05) is 40.2 Å². The van der Waals surface area contributed by atoms with E-state index in [0.717, 1.165) is 15.6 Å². The van der Waals surface area contributed by atoms with Crippen LogP contribution in [0.4, 0.5) is 11.4 Å². The molecule has 0 aliphatic heterocycles. The minimum absolute atomic E-state index is 0.163. The van der Waals surface area contributed by atoms with Crippen molar-refractivity contribution in [2.75, 3.05) is 5.32 Å². The van der Waals surface area contributed by atoms with Gasteiger partial charge in [0.15, 0.2) is 0 Å². The zero-order valence-corrected chi connectivity index (χ0v) is 19.5. The molecule has 1 amide bonds. The zero-order chi connectivity index (χ0) is 24.0. The second-order valence-corrected chi connectivity index (χ2v) is 8.24. The summed E-state index contributed by atoms with van der Waals surface area (Å²) in [6, 6.07) is 18.8. The number of aryl methyl sites for hydroxylation is 2. The van der Waals surface area contributed by atoms with Crippen molar-refractivity contribution in [1.29, 1.82) is 5.26 Å². The Labute approximate surface area is 199 Å². The van der Waals surface area contributed by atoms with Crippen LogP contribution in [0.1, 0.15) is 22.3 Å². The highest BCUT2D eigenvalue weighted by molar-refractivity contribution is 9.10. The summed E-state index contributed by atoms with van der Waals surface area (Å²) in [4.78, 5) is 23.0. The number of carbonyl (C=O) groups is 1. The second kappa shape index (κ2) is 10.6. The van der Waals surface area contributed by atoms with Crippen molar-refractivity contribution >= 4 is 39.3 Å². The van der Waals surface area contributed by atoms with Gasteiger partial charge in [0.2, 0.25) is 0 Å². The standard InChI is InChI=1S/C25H20BrN3O4/c1-16-6-7-18(10-17(16)2)15-33-24-9-8-21(26)12-19(24)11-20(14-27)25(30)28-22-4-3-5-23(13-22)29(31)32/h3-13H,15H2,1-2H3,(H,28,30)/b20-11+. The molecule has 1 N–H and O–H groups in total. The van der Waals surface area contributed by atoms with Gasteiger partial charge in [-0.25, -0.2) is 0 Å². The summed E-state index contributed by atoms with van der Waals surface area (Å²) < 4.78 is 6.73. The van der Waals surface area contributed by atoms with Gasteiger partial charge in [-0.2, -0.15) is 5.26 Å². The molecule has 0 saturated heterocycles. The van der Waals surface area contributed by atoms with E-state index >= 15 is 0 Å². The third-order valence-electron chi connectivity index (χ3n) is 4.92. The number of anilines is 1. The van der Waals surface area contributed by atoms with E-state index in [9.17, 15) is 20.2 Å². The summed E-state index contributed by atoms with van der Waals surface area (Å²) in [6.45, 7) is 4.40. The van der Waals surface area contributed by atoms with E-state index in [1.807, 2.05) is 38.1 Å². The molecule has 0 unspecified atom stereocenters. The van der Waals surface area contributed by atoms with Gasteiger partial charge in [0.05, 0.1) is 4.92 Å². The molecule has 166 valence electrons. The van der Waals surface area contributed by atoms with E-state index in [1.165, 1.54) is 35.9 Å². The van der Waals surface area contributed by atoms with Gasteiger partial charge in [-0.15, -0.1) is 0 Å². The fourth-order valence-corrected chi connectivity index (χ4v) is 3.40. The number of halogens is 1. The second-order valence-electron chi connectivity index (χ2n) is 7.32. The van der Waals surface area contributed by atoms with Crippen LogP contribution < -0.4 is 10.1 Å². The lowest BCUT2D eigenvalue weighted by Gasteiger charge is -2.12. The minimum Gasteiger partial charge on any atom is -0.488 e. The molecule has 0 atom stereocenters. The first-order valence-corrected chi connectivity index (χ1v) is 10.7. The topological polar surface area (TPSA) is 105 Å². The highest BCUT2D eigenvalue weighted by Gasteiger charge is 2.14. The monoisotopic (exact) mass is 505 g/mol. The Bertz CT molecular complexity index is 1300. The molecule has 7 nitrogen and oxygen atoms in total. The van der Waals surface area contributed by atoms with E-state index in [4.69, 9.17) is 4.74 Å². The molecule has 3 aromatic carbocycles. The van der Waals surface area contributed by atoms with Crippen LogP contribution in [0.5, 0.6) is 5.75 Å². The lowest BCUT2D eigenvalue weighted by molar-refractivity contribution is -0.384. The Hall–Kier alpha value is -3.96. The molecule has 0 aromatic heterocycles. The van der Waals surface area contributed by atoms with Crippen LogP contribution in [0.15, 0.2) is 70.7 Å². The highest BCUT2D eigenvalue weighted by atomic mass is 79.9. The minimum atomic E-state index is -0.682. The summed E-state index contributed by atoms with van der Waals surface area (Å²) in [7, 11) is 0. The Morgan fingerprint density at radius 2 is 1.94 bits per heavy atom. The molecule has 0 spiro atoms. The van der Waals surface area contributed by atoms with Crippen molar-refractivity contribution in [3.63, 3.8) is 0 Å². The number of amides is 1. The first-order valence-electron chi connectivity index (χ1n) is 9.93. The largest absolute Gasteiger partial charge is 0.488 e. The van der Waals surface area contributed by atoms with Crippen LogP contribution in [0, 0.1) is 35.3 Å². The number of rotatable bonds is 7. The maximum atomic E-state index is 12.6. The van der Waals surface area contributed by atoms with E-state index in [2.05, 4.69) is 27.3 Å². The average molecular weight is 506 g/mol. The van der Waals surface area contributed by atoms with Crippen LogP contribution in [0.2, 0.25) is 0 Å². The summed E-state index contributed by atoms with van der Waals surface area (Å²) in [5.41, 5.74) is 3.78. The smallest absolute Gasteiger partial charge is 0.271 e. The molecule has 3 rings (SSSR count). The van der Waals surface area contributed by atoms with Crippen molar-refractivity contribution < 1.29 is 14.5 Å². The van der Waals surface area contributed by atoms with Gasteiger partial charge in [-0.05, 0) is 60.9 Å². The van der Waals surface area contributed by atoms with Crippen LogP contribution >= 0.6 is 15.9 Å². The van der Waals surface area contributed by atoms with Crippen LogP contribution in [0.3, 0.4) is 0 Å². The number of ether oxygens (including phenoxy) is 1. The number of carbonyl (C=O) groups excluding carboxylic acids is 1. The van der Waals surface area contributed by atoms with Gasteiger partial charge in [0.25, 0.3) is 11.6 Å². The highest BCUT2D eigenvalue weighted by Crippen LogP contribution is 2.27. The van der Waals surface area contributed by atoms with Gasteiger partial charge < -0.3 is 10.1 Å². The molecule has 33 heavy (non-hydrogen) atoms. The molecule has 8 heteroatoms. The number of nitriles is 1. The fourth-order valence-electron chi connectivity index (χ4n) is 3.02. The Balaban J connectivity index is 1.83. The van der Waals surface area contributed by atoms with E-state index < -0.39 is 10.8 Å². The van der Waals surface area contributed by atoms with Crippen molar-refractivity contribution in [3.8, 4) is 11.8 Å². The lowest BCUT2D eigenvalue weighted by Crippen LogP contribution is -2.13. The SMILES string of the molecule is Cc1ccc(COc2ccc(Br)cc2/C=C(\C#N)C(=O)Nc2cccc([N+](=O)[O-])c2)cc1C. The van der Waals surface area contributed by atoms with E-state index in [1.54, 1.807) is 12.1 Å². The van der Waals surface area contributed by atoms with Crippen molar-refractivity contribution in [2.24, 2.45) is 0 Å². The van der Waals surface area contributed by atoms with Gasteiger partial charge in [0, 0.05) is 27.9 Å². The molecule has 0 fully saturated rings. The first kappa shape index (κ1) is 23.7. The average Bonchev–Trinajstić information content (AvgIpc) is 2.79. The van der Waals surface area contributed by atoms with E-state index in [-0.39, 0.29) is 16.9 Å². The maximum absolute atomic E-state index is 12.6. The Morgan fingerprint density at radius 3 is 2.64 bits per heavy atom. The zero-order valence-electron chi connectivity index (χ0n) is 18.0. The predicted octanol–water partition coefficient (Wildman–Crippen LogP) is 6.10. The summed E-state index contributed by atoms with van der Waals surface area (Å²) in [6.07, 6.45) is 1.42. The maximum Gasteiger partial charge on any atom is 0.271 e. The lowest BCUT2D eigenvalue weighted by atomic mass is 10.1. The third-order valence-corrected chi connectivity index (χ3v) is 5.41. The number of nitrogens with zero attached hydrogens (tertiary/aromatic N) is 2. The normalized spacial score (nSPS) is 10.9. The number of nitro groups is 1. The van der Waals surface area contributed by atoms with Crippen LogP contribution in [-0.2, 0) is 11.4 Å². The molecular formula is C25H20BrN3O4. The predicted molar refractivity (Wildman–Crippen MR) is 130 cm³/mol. The fraction of sp³-hybridized carbons (Fsp3) is 0.120. The number of nitro benzene ring substituents is 1. The van der Waals surface area contributed by atoms with Crippen molar-refractivity contribution in [3.05, 3.63) is 103 Å². The van der Waals surface area contributed by atoms with Gasteiger partial charge in [0.1, 0.15) is 24.0 Å². The van der Waals surface area contributed by atoms with Crippen molar-refractivity contribution in [1.82, 2.24) is 0 Å². The summed E-state index contributed by atoms with van der Waals surface area (Å²) in [5.74, 6) is -0.176. The molecule has 0 aliphatic rings. The van der Waals surface area contributed by atoms with E-state index in [0.29, 0.717) is 17.9 Å². The molecule has 0 heterocycles. The summed E-state index contributed by atoms with van der Waals surface area (Å²) >= 11 is 3.40. The Kier molecular flexibility index (Phi) is 7.59. The van der Waals surface area contributed by atoms with Gasteiger partial charge >= 0.3 is 0 Å². The van der Waals surface area contributed by atoms with Crippen molar-refractivity contribution in [2.45, 2.75) is 20.5 Å². The van der Waals surface area contributed by atoms with Crippen LogP contribution in [-0.4, -0.2) is 10.8 Å². The number of hydrogen-bond acceptors (Lipinski definition) is 5. The molecule has 0 aliphatic carbocycles. The summed E-state index contributed by atoms with van der Waals surface area (Å²) in [5, 5.41) is 23.0. The Morgan fingerprint density at radius 1 is 1.15 bits per heavy atom. The number of benzene rings is 3. The third kappa shape index (κ3) is 6.28. The molecule has 3 aromatic rings. The molecule has 0 bridgehead atoms. The number of hydrogen-bond donors (Lipinski definition) is 1. The molecular weight excluding hydrogens is 486 g/mol. The van der Waals surface area contributed by atoms with Gasteiger partial charge in [-0.3, -0.25) is 14.9 Å². The van der Waals surface area contributed by atoms with Crippen LogP contribution in [0.25, 0.3) is 6.08 Å².